The van der Waals surface area contributed by atoms with E-state index in [0.717, 1.165) is 6.54 Å². The molecular weight excluding hydrogens is 262 g/mol. The molecule has 1 aromatic heterocycles. The van der Waals surface area contributed by atoms with Crippen LogP contribution < -0.4 is 11.1 Å². The number of rotatable bonds is 5. The zero-order valence-corrected chi connectivity index (χ0v) is 11.8. The van der Waals surface area contributed by atoms with E-state index in [1.54, 1.807) is 13.0 Å². The highest BCUT2D eigenvalue weighted by Gasteiger charge is 2.16. The average Bonchev–Trinajstić information content (AvgIpc) is 2.91. The van der Waals surface area contributed by atoms with Crippen molar-refractivity contribution in [2.24, 2.45) is 5.92 Å². The number of nitrogens with one attached hydrogen (secondary N) is 1. The second kappa shape index (κ2) is 6.65. The van der Waals surface area contributed by atoms with E-state index in [0.29, 0.717) is 29.6 Å². The van der Waals surface area contributed by atoms with Gasteiger partial charge in [-0.05, 0) is 36.8 Å². The Kier molecular flexibility index (Phi) is 4.90. The maximum Gasteiger partial charge on any atom is 0.340 e. The van der Waals surface area contributed by atoms with Crippen molar-refractivity contribution in [3.63, 3.8) is 0 Å². The maximum atomic E-state index is 11.7. The lowest BCUT2D eigenvalue weighted by atomic mass is 10.1. The smallest absolute Gasteiger partial charge is 0.340 e. The van der Waals surface area contributed by atoms with Crippen molar-refractivity contribution < 1.29 is 9.53 Å². The van der Waals surface area contributed by atoms with Crippen molar-refractivity contribution >= 4 is 29.2 Å². The summed E-state index contributed by atoms with van der Waals surface area (Å²) in [6.07, 6.45) is 2.73. The number of hydrogen-bond donors (Lipinski definition) is 2. The predicted molar refractivity (Wildman–Crippen MR) is 78.5 cm³/mol. The molecule has 3 N–H and O–H groups in total. The first kappa shape index (κ1) is 14.0. The van der Waals surface area contributed by atoms with Crippen LogP contribution in [-0.4, -0.2) is 35.6 Å². The van der Waals surface area contributed by atoms with Gasteiger partial charge in [-0.15, -0.1) is 0 Å². The number of nitrogen functional groups attached to an aromatic ring is 1. The molecule has 0 amide bonds. The molecule has 1 fully saturated rings. The summed E-state index contributed by atoms with van der Waals surface area (Å²) in [5.74, 6) is 3.37. The summed E-state index contributed by atoms with van der Waals surface area (Å²) in [5, 5.41) is 3.26. The molecule has 0 radical (unpaired) electrons. The third-order valence-electron chi connectivity index (χ3n) is 3.03. The van der Waals surface area contributed by atoms with Crippen LogP contribution in [0.1, 0.15) is 23.7 Å². The number of pyridine rings is 1. The van der Waals surface area contributed by atoms with Crippen LogP contribution in [0.25, 0.3) is 0 Å². The summed E-state index contributed by atoms with van der Waals surface area (Å²) in [6.45, 7) is 2.99. The Hall–Kier alpha value is -1.43. The molecule has 0 aromatic carbocycles. The van der Waals surface area contributed by atoms with Gasteiger partial charge in [-0.25, -0.2) is 9.78 Å². The van der Waals surface area contributed by atoms with Crippen molar-refractivity contribution in [1.82, 2.24) is 4.98 Å². The van der Waals surface area contributed by atoms with Gasteiger partial charge in [-0.3, -0.25) is 0 Å². The Morgan fingerprint density at radius 3 is 3.21 bits per heavy atom. The van der Waals surface area contributed by atoms with Gasteiger partial charge in [0.05, 0.1) is 24.1 Å². The molecule has 1 aliphatic rings. The molecule has 0 saturated carbocycles. The fourth-order valence-corrected chi connectivity index (χ4v) is 3.23. The minimum atomic E-state index is -0.401. The second-order valence-electron chi connectivity index (χ2n) is 4.49. The number of carbonyl (C=O) groups excluding carboxylic acids is 1. The first-order valence-corrected chi connectivity index (χ1v) is 7.60. The third kappa shape index (κ3) is 3.76. The molecule has 1 aromatic rings. The average molecular weight is 281 g/mol. The van der Waals surface area contributed by atoms with Crippen LogP contribution in [0.4, 0.5) is 11.5 Å². The monoisotopic (exact) mass is 281 g/mol. The molecule has 0 spiro atoms. The fraction of sp³-hybridized carbons (Fsp3) is 0.538. The van der Waals surface area contributed by atoms with E-state index < -0.39 is 5.97 Å². The molecule has 0 aliphatic carbocycles. The summed E-state index contributed by atoms with van der Waals surface area (Å²) >= 11 is 1.98. The Labute approximate surface area is 117 Å². The van der Waals surface area contributed by atoms with Crippen molar-refractivity contribution in [2.75, 3.05) is 35.7 Å². The molecule has 1 atom stereocenters. The Morgan fingerprint density at radius 1 is 1.68 bits per heavy atom. The summed E-state index contributed by atoms with van der Waals surface area (Å²) in [6, 6.07) is 1.66. The van der Waals surface area contributed by atoms with Gasteiger partial charge in [-0.1, -0.05) is 0 Å². The van der Waals surface area contributed by atoms with Crippen LogP contribution in [0, 0.1) is 5.92 Å². The summed E-state index contributed by atoms with van der Waals surface area (Å²) in [5.41, 5.74) is 6.47. The predicted octanol–water partition coefficient (Wildman–Crippen LogP) is 2.01. The number of nitrogens with zero attached hydrogens (tertiary/aromatic N) is 1. The number of anilines is 2. The van der Waals surface area contributed by atoms with Crippen molar-refractivity contribution in [3.8, 4) is 0 Å². The largest absolute Gasteiger partial charge is 0.462 e. The third-order valence-corrected chi connectivity index (χ3v) is 4.26. The van der Waals surface area contributed by atoms with Crippen LogP contribution in [0.15, 0.2) is 12.3 Å². The van der Waals surface area contributed by atoms with Gasteiger partial charge in [0.15, 0.2) is 0 Å². The molecule has 2 heterocycles. The maximum absolute atomic E-state index is 11.7. The van der Waals surface area contributed by atoms with Gasteiger partial charge in [0.25, 0.3) is 0 Å². The highest BCUT2D eigenvalue weighted by atomic mass is 32.2. The minimum Gasteiger partial charge on any atom is -0.462 e. The van der Waals surface area contributed by atoms with Crippen molar-refractivity contribution in [2.45, 2.75) is 13.3 Å². The van der Waals surface area contributed by atoms with Crippen LogP contribution in [0.5, 0.6) is 0 Å². The first-order chi connectivity index (χ1) is 9.20. The van der Waals surface area contributed by atoms with Crippen LogP contribution in [0.3, 0.4) is 0 Å². The Bertz CT molecular complexity index is 448. The molecule has 0 bridgehead atoms. The zero-order chi connectivity index (χ0) is 13.7. The minimum absolute atomic E-state index is 0.336. The van der Waals surface area contributed by atoms with Crippen LogP contribution in [0.2, 0.25) is 0 Å². The van der Waals surface area contributed by atoms with Gasteiger partial charge in [0.2, 0.25) is 0 Å². The molecule has 19 heavy (non-hydrogen) atoms. The molecule has 104 valence electrons. The van der Waals surface area contributed by atoms with E-state index in [2.05, 4.69) is 10.3 Å². The second-order valence-corrected chi connectivity index (χ2v) is 5.64. The highest BCUT2D eigenvalue weighted by molar-refractivity contribution is 7.99. The molecule has 2 rings (SSSR count). The van der Waals surface area contributed by atoms with Crippen molar-refractivity contribution in [3.05, 3.63) is 17.8 Å². The standard InChI is InChI=1S/C13H19N3O2S/c1-2-18-13(17)10-5-12(16-7-11(10)14)15-6-9-3-4-19-8-9/h5,7,9H,2-4,6,8,14H2,1H3,(H,15,16). The highest BCUT2D eigenvalue weighted by Crippen LogP contribution is 2.24. The van der Waals surface area contributed by atoms with E-state index in [4.69, 9.17) is 10.5 Å². The number of nitrogens with two attached hydrogens (primary N) is 1. The van der Waals surface area contributed by atoms with Crippen LogP contribution in [-0.2, 0) is 4.74 Å². The SMILES string of the molecule is CCOC(=O)c1cc(NCC2CCSC2)ncc1N. The van der Waals surface area contributed by atoms with Crippen molar-refractivity contribution in [1.29, 1.82) is 0 Å². The molecule has 5 nitrogen and oxygen atoms in total. The fourth-order valence-electron chi connectivity index (χ4n) is 1.94. The summed E-state index contributed by atoms with van der Waals surface area (Å²) in [4.78, 5) is 15.9. The van der Waals surface area contributed by atoms with Gasteiger partial charge in [-0.2, -0.15) is 11.8 Å². The quantitative estimate of drug-likeness (QED) is 0.804. The molecule has 1 unspecified atom stereocenters. The van der Waals surface area contributed by atoms with Gasteiger partial charge in [0.1, 0.15) is 5.82 Å². The normalized spacial score (nSPS) is 18.3. The lowest BCUT2D eigenvalue weighted by Crippen LogP contribution is -2.15. The van der Waals surface area contributed by atoms with Gasteiger partial charge < -0.3 is 15.8 Å². The lowest BCUT2D eigenvalue weighted by molar-refractivity contribution is 0.0527. The number of esters is 1. The van der Waals surface area contributed by atoms with E-state index >= 15 is 0 Å². The number of ether oxygens (including phenoxy) is 1. The lowest BCUT2D eigenvalue weighted by Gasteiger charge is -2.12. The Balaban J connectivity index is 2.00. The Morgan fingerprint density at radius 2 is 2.53 bits per heavy atom. The number of carbonyl (C=O) groups is 1. The van der Waals surface area contributed by atoms with E-state index in [-0.39, 0.29) is 0 Å². The van der Waals surface area contributed by atoms with E-state index in [9.17, 15) is 4.79 Å². The van der Waals surface area contributed by atoms with Gasteiger partial charge in [0, 0.05) is 6.54 Å². The molecule has 6 heteroatoms. The summed E-state index contributed by atoms with van der Waals surface area (Å²) in [7, 11) is 0. The number of hydrogen-bond acceptors (Lipinski definition) is 6. The van der Waals surface area contributed by atoms with Crippen LogP contribution >= 0.6 is 11.8 Å². The van der Waals surface area contributed by atoms with E-state index in [1.807, 2.05) is 11.8 Å². The summed E-state index contributed by atoms with van der Waals surface area (Å²) < 4.78 is 4.96. The van der Waals surface area contributed by atoms with Gasteiger partial charge >= 0.3 is 5.97 Å². The topological polar surface area (TPSA) is 77.2 Å². The molecule has 1 saturated heterocycles. The zero-order valence-electron chi connectivity index (χ0n) is 11.0. The van der Waals surface area contributed by atoms with E-state index in [1.165, 1.54) is 24.1 Å². The number of thioether (sulfide) groups is 1. The first-order valence-electron chi connectivity index (χ1n) is 6.45. The molecular formula is C13H19N3O2S. The molecule has 1 aliphatic heterocycles. The number of aromatic nitrogens is 1.